The molecule has 0 aromatic heterocycles. The van der Waals surface area contributed by atoms with Crippen molar-refractivity contribution in [1.82, 2.24) is 10.4 Å². The highest BCUT2D eigenvalue weighted by atomic mass is 19.4. The molecule has 2 aliphatic carbocycles. The summed E-state index contributed by atoms with van der Waals surface area (Å²) in [4.78, 5) is 13.0. The zero-order valence-electron chi connectivity index (χ0n) is 14.9. The van der Waals surface area contributed by atoms with E-state index in [0.717, 1.165) is 12.1 Å². The predicted molar refractivity (Wildman–Crippen MR) is 92.0 cm³/mol. The second-order valence-corrected chi connectivity index (χ2v) is 8.31. The van der Waals surface area contributed by atoms with E-state index in [2.05, 4.69) is 5.43 Å². The number of carbonyl (C=O) groups excluding carboxylic acids is 1. The quantitative estimate of drug-likeness (QED) is 0.873. The van der Waals surface area contributed by atoms with Crippen LogP contribution in [0.5, 0.6) is 0 Å². The SMILES string of the molecule is CC1(C)CCC2C(=C([C@@H]3C[C@H]3c3ccccc3)NN2CC(F)(F)F)C1=O. The van der Waals surface area contributed by atoms with E-state index < -0.39 is 24.2 Å². The van der Waals surface area contributed by atoms with Crippen LogP contribution in [-0.4, -0.2) is 29.6 Å². The lowest BCUT2D eigenvalue weighted by Gasteiger charge is -2.36. The van der Waals surface area contributed by atoms with Crippen molar-refractivity contribution in [2.75, 3.05) is 6.54 Å². The third-order valence-electron chi connectivity index (χ3n) is 5.90. The molecule has 1 aliphatic heterocycles. The second kappa shape index (κ2) is 5.84. The van der Waals surface area contributed by atoms with Crippen LogP contribution in [0.15, 0.2) is 41.6 Å². The van der Waals surface area contributed by atoms with Gasteiger partial charge in [0, 0.05) is 22.6 Å². The summed E-state index contributed by atoms with van der Waals surface area (Å²) in [5.41, 5.74) is 4.98. The Kier molecular flexibility index (Phi) is 3.95. The van der Waals surface area contributed by atoms with E-state index in [-0.39, 0.29) is 17.6 Å². The molecule has 6 heteroatoms. The lowest BCUT2D eigenvalue weighted by molar-refractivity contribution is -0.155. The normalized spacial score (nSPS) is 31.0. The molecule has 26 heavy (non-hydrogen) atoms. The first-order valence-electron chi connectivity index (χ1n) is 9.11. The van der Waals surface area contributed by atoms with Crippen LogP contribution < -0.4 is 5.43 Å². The minimum Gasteiger partial charge on any atom is -0.321 e. The molecule has 1 heterocycles. The Morgan fingerprint density at radius 1 is 1.19 bits per heavy atom. The molecule has 4 rings (SSSR count). The van der Waals surface area contributed by atoms with Crippen LogP contribution in [0.2, 0.25) is 0 Å². The molecular formula is C20H23F3N2O. The van der Waals surface area contributed by atoms with E-state index >= 15 is 0 Å². The van der Waals surface area contributed by atoms with Crippen molar-refractivity contribution >= 4 is 5.78 Å². The first-order valence-corrected chi connectivity index (χ1v) is 9.11. The Morgan fingerprint density at radius 2 is 1.88 bits per heavy atom. The molecule has 0 saturated heterocycles. The number of ketones is 1. The van der Waals surface area contributed by atoms with E-state index in [1.165, 1.54) is 10.6 Å². The topological polar surface area (TPSA) is 32.3 Å². The molecule has 1 aromatic rings. The van der Waals surface area contributed by atoms with Crippen LogP contribution in [0.4, 0.5) is 13.2 Å². The summed E-state index contributed by atoms with van der Waals surface area (Å²) in [5, 5.41) is 1.23. The molecule has 3 aliphatic rings. The number of hydrogen-bond acceptors (Lipinski definition) is 3. The van der Waals surface area contributed by atoms with Gasteiger partial charge in [0.2, 0.25) is 0 Å². The number of halogens is 3. The highest BCUT2D eigenvalue weighted by molar-refractivity contribution is 6.02. The number of benzene rings is 1. The fourth-order valence-electron chi connectivity index (χ4n) is 4.39. The van der Waals surface area contributed by atoms with Crippen LogP contribution in [0, 0.1) is 11.3 Å². The standard InChI is InChI=1S/C20H23F3N2O/c1-19(2)9-8-15-16(18(19)26)17(24-25(15)11-20(21,22)23)14-10-13(14)12-6-4-3-5-7-12/h3-7,13-15,24H,8-11H2,1-2H3/t13-,14+,15?/m0/s1. The van der Waals surface area contributed by atoms with Crippen molar-refractivity contribution in [2.45, 2.75) is 51.2 Å². The number of hydrogen-bond donors (Lipinski definition) is 1. The smallest absolute Gasteiger partial charge is 0.321 e. The van der Waals surface area contributed by atoms with E-state index in [9.17, 15) is 18.0 Å². The van der Waals surface area contributed by atoms with Gasteiger partial charge >= 0.3 is 6.18 Å². The van der Waals surface area contributed by atoms with Crippen LogP contribution >= 0.6 is 0 Å². The molecule has 3 atom stereocenters. The van der Waals surface area contributed by atoms with Gasteiger partial charge in [-0.1, -0.05) is 44.2 Å². The van der Waals surface area contributed by atoms with Crippen LogP contribution in [0.1, 0.15) is 44.6 Å². The number of Topliss-reactive ketones (excluding diaryl/α,β-unsaturated/α-hetero) is 1. The summed E-state index contributed by atoms with van der Waals surface area (Å²) in [6.07, 6.45) is -2.25. The molecule has 1 aromatic carbocycles. The molecule has 1 unspecified atom stereocenters. The van der Waals surface area contributed by atoms with Crippen LogP contribution in [0.3, 0.4) is 0 Å². The molecule has 3 nitrogen and oxygen atoms in total. The summed E-state index contributed by atoms with van der Waals surface area (Å²) < 4.78 is 39.0. The fourth-order valence-corrected chi connectivity index (χ4v) is 4.39. The van der Waals surface area contributed by atoms with Crippen molar-refractivity contribution in [2.24, 2.45) is 11.3 Å². The summed E-state index contributed by atoms with van der Waals surface area (Å²) >= 11 is 0. The van der Waals surface area contributed by atoms with Crippen LogP contribution in [-0.2, 0) is 4.79 Å². The Labute approximate surface area is 151 Å². The van der Waals surface area contributed by atoms with E-state index in [1.54, 1.807) is 0 Å². The Morgan fingerprint density at radius 3 is 2.54 bits per heavy atom. The molecule has 2 fully saturated rings. The monoisotopic (exact) mass is 364 g/mol. The summed E-state index contributed by atoms with van der Waals surface area (Å²) in [5.74, 6) is 0.376. The number of hydrazine groups is 1. The summed E-state index contributed by atoms with van der Waals surface area (Å²) in [6, 6.07) is 9.51. The molecular weight excluding hydrogens is 341 g/mol. The molecule has 2 saturated carbocycles. The minimum absolute atomic E-state index is 0.000337. The lowest BCUT2D eigenvalue weighted by Crippen LogP contribution is -2.48. The third kappa shape index (κ3) is 3.04. The van der Waals surface area contributed by atoms with Crippen molar-refractivity contribution < 1.29 is 18.0 Å². The highest BCUT2D eigenvalue weighted by Gasteiger charge is 2.53. The van der Waals surface area contributed by atoms with Gasteiger partial charge in [0.15, 0.2) is 5.78 Å². The summed E-state index contributed by atoms with van der Waals surface area (Å²) in [7, 11) is 0. The lowest BCUT2D eigenvalue weighted by atomic mass is 9.71. The Balaban J connectivity index is 1.65. The fraction of sp³-hybridized carbons (Fsp3) is 0.550. The van der Waals surface area contributed by atoms with Crippen molar-refractivity contribution in [1.29, 1.82) is 0 Å². The van der Waals surface area contributed by atoms with Gasteiger partial charge in [-0.25, -0.2) is 5.01 Å². The van der Waals surface area contributed by atoms with Gasteiger partial charge in [0.25, 0.3) is 0 Å². The number of nitrogens with zero attached hydrogens (tertiary/aromatic N) is 1. The number of alkyl halides is 3. The van der Waals surface area contributed by atoms with Crippen LogP contribution in [0.25, 0.3) is 0 Å². The third-order valence-corrected chi connectivity index (χ3v) is 5.90. The molecule has 0 spiro atoms. The van der Waals surface area contributed by atoms with Crippen molar-refractivity contribution in [3.63, 3.8) is 0 Å². The predicted octanol–water partition coefficient (Wildman–Crippen LogP) is 4.18. The molecule has 0 radical (unpaired) electrons. The first-order chi connectivity index (χ1) is 12.2. The highest BCUT2D eigenvalue weighted by Crippen LogP contribution is 2.55. The molecule has 140 valence electrons. The summed E-state index contributed by atoms with van der Waals surface area (Å²) in [6.45, 7) is 2.75. The maximum Gasteiger partial charge on any atom is 0.403 e. The van der Waals surface area contributed by atoms with Gasteiger partial charge in [0.05, 0.1) is 6.04 Å². The van der Waals surface area contributed by atoms with Crippen molar-refractivity contribution in [3.05, 3.63) is 47.2 Å². The van der Waals surface area contributed by atoms with Gasteiger partial charge in [-0.15, -0.1) is 0 Å². The number of nitrogens with one attached hydrogen (secondary N) is 1. The van der Waals surface area contributed by atoms with E-state index in [4.69, 9.17) is 0 Å². The maximum absolute atomic E-state index is 13.0. The first kappa shape index (κ1) is 17.6. The largest absolute Gasteiger partial charge is 0.403 e. The number of rotatable bonds is 3. The van der Waals surface area contributed by atoms with Gasteiger partial charge in [-0.05, 0) is 30.7 Å². The van der Waals surface area contributed by atoms with E-state index in [0.29, 0.717) is 18.4 Å². The second-order valence-electron chi connectivity index (χ2n) is 8.31. The maximum atomic E-state index is 13.0. The van der Waals surface area contributed by atoms with Gasteiger partial charge < -0.3 is 5.43 Å². The number of fused-ring (bicyclic) bond motifs is 1. The average molecular weight is 364 g/mol. The number of carbonyl (C=O) groups is 1. The zero-order chi connectivity index (χ0) is 18.7. The Hall–Kier alpha value is -1.82. The minimum atomic E-state index is -4.30. The van der Waals surface area contributed by atoms with E-state index in [1.807, 2.05) is 44.2 Å². The Bertz CT molecular complexity index is 754. The number of allylic oxidation sites excluding steroid dienone is 1. The van der Waals surface area contributed by atoms with Gasteiger partial charge in [0.1, 0.15) is 6.54 Å². The average Bonchev–Trinajstić information content (AvgIpc) is 3.28. The molecule has 0 bridgehead atoms. The zero-order valence-corrected chi connectivity index (χ0v) is 14.9. The van der Waals surface area contributed by atoms with Gasteiger partial charge in [-0.2, -0.15) is 13.2 Å². The van der Waals surface area contributed by atoms with Crippen molar-refractivity contribution in [3.8, 4) is 0 Å². The molecule has 1 N–H and O–H groups in total. The van der Waals surface area contributed by atoms with Gasteiger partial charge in [-0.3, -0.25) is 4.79 Å². The molecule has 0 amide bonds.